The first-order valence-electron chi connectivity index (χ1n) is 10.5. The molecule has 0 unspecified atom stereocenters. The summed E-state index contributed by atoms with van der Waals surface area (Å²) in [4.78, 5) is 0. The predicted molar refractivity (Wildman–Crippen MR) is 129 cm³/mol. The molecule has 0 heterocycles. The lowest BCUT2D eigenvalue weighted by molar-refractivity contribution is 0.269. The Balaban J connectivity index is 1.53. The van der Waals surface area contributed by atoms with Crippen LogP contribution < -0.4 is 14.8 Å². The second-order valence-corrected chi connectivity index (χ2v) is 7.89. The molecule has 0 amide bonds. The van der Waals surface area contributed by atoms with Gasteiger partial charge in [0.25, 0.3) is 0 Å². The van der Waals surface area contributed by atoms with Gasteiger partial charge in [0.2, 0.25) is 0 Å². The van der Waals surface area contributed by atoms with Crippen LogP contribution >= 0.6 is 11.6 Å². The summed E-state index contributed by atoms with van der Waals surface area (Å²) >= 11 is 6.62. The number of hydrogen-bond acceptors (Lipinski definition) is 3. The minimum absolute atomic E-state index is 0.464. The van der Waals surface area contributed by atoms with Gasteiger partial charge < -0.3 is 14.8 Å². The van der Waals surface area contributed by atoms with Crippen LogP contribution in [0.3, 0.4) is 0 Å². The van der Waals surface area contributed by atoms with Crippen molar-refractivity contribution in [3.63, 3.8) is 0 Å². The zero-order chi connectivity index (χ0) is 21.6. The van der Waals surface area contributed by atoms with Crippen LogP contribution in [0.4, 0.5) is 5.69 Å². The number of nitrogens with one attached hydrogen (secondary N) is 1. The quantitative estimate of drug-likeness (QED) is 0.315. The molecule has 4 aromatic rings. The van der Waals surface area contributed by atoms with E-state index in [4.69, 9.17) is 21.1 Å². The molecule has 0 aliphatic carbocycles. The Labute approximate surface area is 188 Å². The van der Waals surface area contributed by atoms with Crippen LogP contribution in [0.5, 0.6) is 11.5 Å². The van der Waals surface area contributed by atoms with Crippen LogP contribution in [0.15, 0.2) is 78.9 Å². The van der Waals surface area contributed by atoms with Crippen molar-refractivity contribution >= 4 is 28.1 Å². The third-order valence-electron chi connectivity index (χ3n) is 5.15. The Morgan fingerprint density at radius 1 is 0.839 bits per heavy atom. The Kier molecular flexibility index (Phi) is 6.63. The Hall–Kier alpha value is -3.17. The maximum absolute atomic E-state index is 6.62. The fourth-order valence-electron chi connectivity index (χ4n) is 3.63. The standard InChI is InChI=1S/C27H26ClNO2/c1-3-30-26-15-22(17-29-25-13-7-11-21-10-4-5-12-23(21)25)24(28)16-27(26)31-18-20-9-6-8-19(2)14-20/h4-16,29H,3,17-18H2,1-2H3. The lowest BCUT2D eigenvalue weighted by Crippen LogP contribution is -2.04. The van der Waals surface area contributed by atoms with Crippen molar-refractivity contribution in [2.24, 2.45) is 0 Å². The summed E-state index contributed by atoms with van der Waals surface area (Å²) in [6.07, 6.45) is 0. The van der Waals surface area contributed by atoms with Gasteiger partial charge in [-0.1, -0.05) is 77.8 Å². The molecule has 1 N–H and O–H groups in total. The highest BCUT2D eigenvalue weighted by molar-refractivity contribution is 6.31. The van der Waals surface area contributed by atoms with Crippen molar-refractivity contribution < 1.29 is 9.47 Å². The highest BCUT2D eigenvalue weighted by Gasteiger charge is 2.12. The molecule has 0 saturated heterocycles. The van der Waals surface area contributed by atoms with Gasteiger partial charge in [-0.25, -0.2) is 0 Å². The first-order valence-corrected chi connectivity index (χ1v) is 10.9. The maximum Gasteiger partial charge on any atom is 0.163 e. The summed E-state index contributed by atoms with van der Waals surface area (Å²) in [5.41, 5.74) is 4.35. The van der Waals surface area contributed by atoms with Gasteiger partial charge in [-0.15, -0.1) is 0 Å². The Morgan fingerprint density at radius 2 is 1.61 bits per heavy atom. The summed E-state index contributed by atoms with van der Waals surface area (Å²) < 4.78 is 11.9. The van der Waals surface area contributed by atoms with Crippen LogP contribution in [-0.4, -0.2) is 6.61 Å². The molecule has 0 aliphatic rings. The molecule has 0 aromatic heterocycles. The molecule has 4 heteroatoms. The van der Waals surface area contributed by atoms with Crippen molar-refractivity contribution in [2.45, 2.75) is 27.0 Å². The van der Waals surface area contributed by atoms with Gasteiger partial charge in [-0.2, -0.15) is 0 Å². The second-order valence-electron chi connectivity index (χ2n) is 7.48. The van der Waals surface area contributed by atoms with Gasteiger partial charge in [-0.05, 0) is 42.5 Å². The van der Waals surface area contributed by atoms with E-state index in [0.29, 0.717) is 36.3 Å². The number of halogens is 1. The number of aryl methyl sites for hydroxylation is 1. The summed E-state index contributed by atoms with van der Waals surface area (Å²) in [7, 11) is 0. The molecule has 31 heavy (non-hydrogen) atoms. The first-order chi connectivity index (χ1) is 15.1. The Bertz CT molecular complexity index is 1180. The van der Waals surface area contributed by atoms with Gasteiger partial charge in [0.15, 0.2) is 11.5 Å². The van der Waals surface area contributed by atoms with Gasteiger partial charge in [-0.3, -0.25) is 0 Å². The number of rotatable bonds is 8. The molecule has 4 rings (SSSR count). The van der Waals surface area contributed by atoms with Crippen molar-refractivity contribution in [2.75, 3.05) is 11.9 Å². The van der Waals surface area contributed by atoms with E-state index in [0.717, 1.165) is 16.8 Å². The number of benzene rings is 4. The van der Waals surface area contributed by atoms with E-state index in [1.807, 2.05) is 37.3 Å². The van der Waals surface area contributed by atoms with Gasteiger partial charge in [0.05, 0.1) is 6.61 Å². The topological polar surface area (TPSA) is 30.5 Å². The molecular weight excluding hydrogens is 406 g/mol. The van der Waals surface area contributed by atoms with Crippen molar-refractivity contribution in [3.8, 4) is 11.5 Å². The average Bonchev–Trinajstić information content (AvgIpc) is 2.78. The van der Waals surface area contributed by atoms with E-state index < -0.39 is 0 Å². The highest BCUT2D eigenvalue weighted by Crippen LogP contribution is 2.35. The molecule has 0 radical (unpaired) electrons. The van der Waals surface area contributed by atoms with Crippen molar-refractivity contribution in [3.05, 3.63) is 101 Å². The molecule has 158 valence electrons. The minimum Gasteiger partial charge on any atom is -0.490 e. The lowest BCUT2D eigenvalue weighted by atomic mass is 10.1. The van der Waals surface area contributed by atoms with E-state index >= 15 is 0 Å². The second kappa shape index (κ2) is 9.76. The zero-order valence-corrected chi connectivity index (χ0v) is 18.6. The molecular formula is C27H26ClNO2. The molecule has 0 atom stereocenters. The zero-order valence-electron chi connectivity index (χ0n) is 17.8. The molecule has 0 fully saturated rings. The van der Waals surface area contributed by atoms with Crippen LogP contribution in [-0.2, 0) is 13.2 Å². The average molecular weight is 432 g/mol. The smallest absolute Gasteiger partial charge is 0.163 e. The number of hydrogen-bond donors (Lipinski definition) is 1. The van der Waals surface area contributed by atoms with Crippen LogP contribution in [0.25, 0.3) is 10.8 Å². The summed E-state index contributed by atoms with van der Waals surface area (Å²) in [6, 6.07) is 26.7. The fourth-order valence-corrected chi connectivity index (χ4v) is 3.85. The van der Waals surface area contributed by atoms with E-state index in [1.54, 1.807) is 0 Å². The molecule has 0 aliphatic heterocycles. The first kappa shape index (κ1) is 21.1. The van der Waals surface area contributed by atoms with E-state index in [2.05, 4.69) is 60.8 Å². The Morgan fingerprint density at radius 3 is 2.45 bits per heavy atom. The van der Waals surface area contributed by atoms with Gasteiger partial charge in [0, 0.05) is 28.7 Å². The van der Waals surface area contributed by atoms with E-state index in [9.17, 15) is 0 Å². The lowest BCUT2D eigenvalue weighted by Gasteiger charge is -2.16. The third kappa shape index (κ3) is 5.12. The number of fused-ring (bicyclic) bond motifs is 1. The van der Waals surface area contributed by atoms with Crippen LogP contribution in [0, 0.1) is 6.92 Å². The summed E-state index contributed by atoms with van der Waals surface area (Å²) in [5, 5.41) is 6.55. The van der Waals surface area contributed by atoms with E-state index in [1.165, 1.54) is 16.3 Å². The van der Waals surface area contributed by atoms with Gasteiger partial charge >= 0.3 is 0 Å². The minimum atomic E-state index is 0.464. The summed E-state index contributed by atoms with van der Waals surface area (Å²) in [5.74, 6) is 1.36. The molecule has 0 bridgehead atoms. The monoisotopic (exact) mass is 431 g/mol. The molecule has 0 spiro atoms. The van der Waals surface area contributed by atoms with E-state index in [-0.39, 0.29) is 0 Å². The predicted octanol–water partition coefficient (Wildman–Crippen LogP) is 7.39. The van der Waals surface area contributed by atoms with Crippen molar-refractivity contribution in [1.29, 1.82) is 0 Å². The molecule has 4 aromatic carbocycles. The van der Waals surface area contributed by atoms with Crippen molar-refractivity contribution in [1.82, 2.24) is 0 Å². The SMILES string of the molecule is CCOc1cc(CNc2cccc3ccccc23)c(Cl)cc1OCc1cccc(C)c1. The molecule has 0 saturated carbocycles. The third-order valence-corrected chi connectivity index (χ3v) is 5.50. The largest absolute Gasteiger partial charge is 0.490 e. The molecule has 3 nitrogen and oxygen atoms in total. The maximum atomic E-state index is 6.62. The summed E-state index contributed by atoms with van der Waals surface area (Å²) in [6.45, 7) is 5.64. The van der Waals surface area contributed by atoms with Gasteiger partial charge in [0.1, 0.15) is 6.61 Å². The van der Waals surface area contributed by atoms with Crippen LogP contribution in [0.1, 0.15) is 23.6 Å². The van der Waals surface area contributed by atoms with Crippen LogP contribution in [0.2, 0.25) is 5.02 Å². The fraction of sp³-hybridized carbons (Fsp3) is 0.185. The highest BCUT2D eigenvalue weighted by atomic mass is 35.5. The number of ether oxygens (including phenoxy) is 2. The number of anilines is 1. The normalized spacial score (nSPS) is 10.8.